The van der Waals surface area contributed by atoms with Crippen LogP contribution >= 0.6 is 23.2 Å². The average Bonchev–Trinajstić information content (AvgIpc) is 2.32. The van der Waals surface area contributed by atoms with Crippen LogP contribution in [0.4, 0.5) is 0 Å². The molecule has 0 N–H and O–H groups in total. The molecule has 5 nitrogen and oxygen atoms in total. The number of likely N-dealkylation sites (N-methyl/N-ethyl adjacent to an activating group) is 2. The number of rotatable bonds is 5. The van der Waals surface area contributed by atoms with Gasteiger partial charge in [-0.25, -0.2) is 8.42 Å². The van der Waals surface area contributed by atoms with E-state index in [4.69, 9.17) is 23.2 Å². The van der Waals surface area contributed by atoms with Gasteiger partial charge in [0.05, 0.1) is 22.8 Å². The lowest BCUT2D eigenvalue weighted by Crippen LogP contribution is -2.38. The van der Waals surface area contributed by atoms with Crippen LogP contribution in [0.2, 0.25) is 10.0 Å². The van der Waals surface area contributed by atoms with E-state index >= 15 is 0 Å². The summed E-state index contributed by atoms with van der Waals surface area (Å²) in [6.45, 7) is 0.129. The first-order chi connectivity index (χ1) is 9.11. The summed E-state index contributed by atoms with van der Waals surface area (Å²) in [5, 5.41) is 0.861. The Morgan fingerprint density at radius 2 is 1.80 bits per heavy atom. The van der Waals surface area contributed by atoms with Crippen LogP contribution in [-0.4, -0.2) is 50.4 Å². The molecule has 0 atom stereocenters. The van der Waals surface area contributed by atoms with Crippen molar-refractivity contribution in [2.24, 2.45) is 0 Å². The maximum Gasteiger partial charge on any atom is 0.237 e. The largest absolute Gasteiger partial charge is 0.340 e. The predicted molar refractivity (Wildman–Crippen MR) is 80.4 cm³/mol. The zero-order valence-electron chi connectivity index (χ0n) is 11.4. The zero-order valence-corrected chi connectivity index (χ0v) is 13.8. The Morgan fingerprint density at radius 1 is 1.20 bits per heavy atom. The van der Waals surface area contributed by atoms with Gasteiger partial charge in [-0.3, -0.25) is 4.79 Å². The molecule has 112 valence electrons. The molecule has 0 heterocycles. The molecule has 0 unspecified atom stereocenters. The minimum Gasteiger partial charge on any atom is -0.340 e. The summed E-state index contributed by atoms with van der Waals surface area (Å²) in [6, 6.07) is 5.09. The monoisotopic (exact) mass is 338 g/mol. The van der Waals surface area contributed by atoms with Crippen LogP contribution in [0, 0.1) is 0 Å². The normalized spacial score (nSPS) is 11.7. The topological polar surface area (TPSA) is 57.7 Å². The first kappa shape index (κ1) is 17.2. The molecule has 0 fully saturated rings. The molecule has 0 bridgehead atoms. The van der Waals surface area contributed by atoms with E-state index in [1.54, 1.807) is 25.2 Å². The highest BCUT2D eigenvalue weighted by atomic mass is 35.5. The number of hydrogen-bond acceptors (Lipinski definition) is 3. The number of benzene rings is 1. The summed E-state index contributed by atoms with van der Waals surface area (Å²) in [5.74, 6) is -0.302. The molecular weight excluding hydrogens is 323 g/mol. The van der Waals surface area contributed by atoms with Crippen molar-refractivity contribution in [1.82, 2.24) is 9.21 Å². The van der Waals surface area contributed by atoms with Crippen LogP contribution in [-0.2, 0) is 21.4 Å². The highest BCUT2D eigenvalue weighted by Crippen LogP contribution is 2.23. The number of hydrogen-bond donors (Lipinski definition) is 0. The summed E-state index contributed by atoms with van der Waals surface area (Å²) < 4.78 is 23.5. The summed E-state index contributed by atoms with van der Waals surface area (Å²) >= 11 is 11.7. The van der Waals surface area contributed by atoms with Crippen molar-refractivity contribution >= 4 is 39.1 Å². The highest BCUT2D eigenvalue weighted by Gasteiger charge is 2.18. The third-order valence-electron chi connectivity index (χ3n) is 2.75. The third kappa shape index (κ3) is 4.94. The summed E-state index contributed by atoms with van der Waals surface area (Å²) in [7, 11) is -0.410. The standard InChI is InChI=1S/C12H16Cl2N2O3S/c1-15(12(17)8-16(2)20(3,18)19)7-9-4-5-10(13)11(14)6-9/h4-6H,7-8H2,1-3H3. The van der Waals surface area contributed by atoms with Gasteiger partial charge in [-0.1, -0.05) is 29.3 Å². The van der Waals surface area contributed by atoms with E-state index in [0.717, 1.165) is 16.1 Å². The van der Waals surface area contributed by atoms with Gasteiger partial charge in [-0.2, -0.15) is 4.31 Å². The van der Waals surface area contributed by atoms with Gasteiger partial charge >= 0.3 is 0 Å². The predicted octanol–water partition coefficient (Wildman–Crippen LogP) is 1.84. The molecule has 0 saturated heterocycles. The van der Waals surface area contributed by atoms with Crippen molar-refractivity contribution in [2.75, 3.05) is 26.9 Å². The highest BCUT2D eigenvalue weighted by molar-refractivity contribution is 7.88. The smallest absolute Gasteiger partial charge is 0.237 e. The second-order valence-electron chi connectivity index (χ2n) is 4.52. The van der Waals surface area contributed by atoms with Gasteiger partial charge in [0.25, 0.3) is 0 Å². The molecule has 1 rings (SSSR count). The number of carbonyl (C=O) groups is 1. The van der Waals surface area contributed by atoms with Crippen LogP contribution in [0.15, 0.2) is 18.2 Å². The van der Waals surface area contributed by atoms with Gasteiger partial charge in [-0.05, 0) is 17.7 Å². The lowest BCUT2D eigenvalue weighted by atomic mass is 10.2. The average molecular weight is 339 g/mol. The Morgan fingerprint density at radius 3 is 2.30 bits per heavy atom. The van der Waals surface area contributed by atoms with Crippen LogP contribution < -0.4 is 0 Å². The van der Waals surface area contributed by atoms with Crippen LogP contribution in [0.25, 0.3) is 0 Å². The van der Waals surface area contributed by atoms with E-state index in [1.807, 2.05) is 0 Å². The number of nitrogens with zero attached hydrogens (tertiary/aromatic N) is 2. The van der Waals surface area contributed by atoms with Crippen LogP contribution in [0.1, 0.15) is 5.56 Å². The molecule has 1 aromatic rings. The van der Waals surface area contributed by atoms with Gasteiger partial charge in [0.1, 0.15) is 0 Å². The quantitative estimate of drug-likeness (QED) is 0.823. The fourth-order valence-electron chi connectivity index (χ4n) is 1.43. The van der Waals surface area contributed by atoms with Crippen molar-refractivity contribution in [3.63, 3.8) is 0 Å². The Labute approximate surface area is 129 Å². The molecule has 0 spiro atoms. The minimum absolute atomic E-state index is 0.198. The third-order valence-corrected chi connectivity index (χ3v) is 4.75. The molecule has 20 heavy (non-hydrogen) atoms. The van der Waals surface area contributed by atoms with Crippen molar-refractivity contribution in [1.29, 1.82) is 0 Å². The number of sulfonamides is 1. The number of carbonyl (C=O) groups excluding carboxylic acids is 1. The molecule has 0 aliphatic heterocycles. The fraction of sp³-hybridized carbons (Fsp3) is 0.417. The molecule has 0 aliphatic rings. The van der Waals surface area contributed by atoms with Crippen molar-refractivity contribution in [3.05, 3.63) is 33.8 Å². The summed E-state index contributed by atoms with van der Waals surface area (Å²) in [4.78, 5) is 13.3. The van der Waals surface area contributed by atoms with Gasteiger partial charge in [0.2, 0.25) is 15.9 Å². The van der Waals surface area contributed by atoms with E-state index in [9.17, 15) is 13.2 Å². The van der Waals surface area contributed by atoms with Gasteiger partial charge in [-0.15, -0.1) is 0 Å². The molecule has 8 heteroatoms. The fourth-order valence-corrected chi connectivity index (χ4v) is 2.09. The Balaban J connectivity index is 2.68. The molecule has 1 amide bonds. The van der Waals surface area contributed by atoms with Crippen molar-refractivity contribution in [2.45, 2.75) is 6.54 Å². The van der Waals surface area contributed by atoms with E-state index < -0.39 is 10.0 Å². The van der Waals surface area contributed by atoms with E-state index in [2.05, 4.69) is 0 Å². The SMILES string of the molecule is CN(Cc1ccc(Cl)c(Cl)c1)C(=O)CN(C)S(C)(=O)=O. The van der Waals surface area contributed by atoms with Crippen LogP contribution in [0.3, 0.4) is 0 Å². The maximum atomic E-state index is 11.9. The van der Waals surface area contributed by atoms with E-state index in [-0.39, 0.29) is 12.5 Å². The van der Waals surface area contributed by atoms with E-state index in [0.29, 0.717) is 16.6 Å². The van der Waals surface area contributed by atoms with Gasteiger partial charge in [0, 0.05) is 20.6 Å². The molecule has 0 aliphatic carbocycles. The Kier molecular flexibility index (Phi) is 5.82. The molecule has 0 saturated carbocycles. The first-order valence-electron chi connectivity index (χ1n) is 5.70. The summed E-state index contributed by atoms with van der Waals surface area (Å²) in [5.41, 5.74) is 0.817. The van der Waals surface area contributed by atoms with Crippen LogP contribution in [0.5, 0.6) is 0 Å². The maximum absolute atomic E-state index is 11.9. The minimum atomic E-state index is -3.37. The number of amides is 1. The van der Waals surface area contributed by atoms with Gasteiger partial charge in [0.15, 0.2) is 0 Å². The Bertz CT molecular complexity index is 605. The van der Waals surface area contributed by atoms with Crippen molar-refractivity contribution in [3.8, 4) is 0 Å². The number of halogens is 2. The second kappa shape index (κ2) is 6.76. The van der Waals surface area contributed by atoms with Crippen molar-refractivity contribution < 1.29 is 13.2 Å². The lowest BCUT2D eigenvalue weighted by molar-refractivity contribution is -0.130. The Hall–Kier alpha value is -0.820. The zero-order chi connectivity index (χ0) is 15.5. The molecule has 0 aromatic heterocycles. The lowest BCUT2D eigenvalue weighted by Gasteiger charge is -2.21. The van der Waals surface area contributed by atoms with Gasteiger partial charge < -0.3 is 4.90 Å². The molecule has 1 aromatic carbocycles. The van der Waals surface area contributed by atoms with E-state index in [1.165, 1.54) is 11.9 Å². The first-order valence-corrected chi connectivity index (χ1v) is 8.31. The second-order valence-corrected chi connectivity index (χ2v) is 7.42. The molecular formula is C12H16Cl2N2O3S. The summed E-state index contributed by atoms with van der Waals surface area (Å²) in [6.07, 6.45) is 1.05. The molecule has 0 radical (unpaired) electrons.